The van der Waals surface area contributed by atoms with Crippen LogP contribution in [0, 0.1) is 0 Å². The lowest BCUT2D eigenvalue weighted by molar-refractivity contribution is -0.147. The summed E-state index contributed by atoms with van der Waals surface area (Å²) in [6, 6.07) is 8.51. The Morgan fingerprint density at radius 3 is 2.46 bits per heavy atom. The van der Waals surface area contributed by atoms with E-state index in [2.05, 4.69) is 10.1 Å². The molecular weight excluding hydrogens is 330 g/mol. The van der Waals surface area contributed by atoms with E-state index in [0.29, 0.717) is 5.56 Å². The lowest BCUT2D eigenvalue weighted by Crippen LogP contribution is -2.28. The first kappa shape index (κ1) is 17.7. The number of nitrogens with one attached hydrogen (secondary N) is 1. The van der Waals surface area contributed by atoms with E-state index in [-0.39, 0.29) is 25.5 Å². The summed E-state index contributed by atoms with van der Waals surface area (Å²) in [6.07, 6.45) is 0.159. The monoisotopic (exact) mass is 347 g/mol. The number of carbonyl (C=O) groups is 3. The largest absolute Gasteiger partial charge is 0.465 e. The van der Waals surface area contributed by atoms with Crippen LogP contribution >= 0.6 is 11.3 Å². The second-order valence-electron chi connectivity index (χ2n) is 4.93. The third kappa shape index (κ3) is 5.51. The highest BCUT2D eigenvalue weighted by atomic mass is 32.1. The molecule has 0 unspecified atom stereocenters. The zero-order chi connectivity index (χ0) is 17.4. The summed E-state index contributed by atoms with van der Waals surface area (Å²) >= 11 is 1.50. The smallest absolute Gasteiger partial charge is 0.337 e. The van der Waals surface area contributed by atoms with Gasteiger partial charge in [-0.3, -0.25) is 9.59 Å². The first-order valence-corrected chi connectivity index (χ1v) is 8.13. The van der Waals surface area contributed by atoms with Crippen molar-refractivity contribution in [1.29, 1.82) is 0 Å². The maximum absolute atomic E-state index is 11.7. The van der Waals surface area contributed by atoms with Gasteiger partial charge in [0.1, 0.15) is 0 Å². The first-order valence-electron chi connectivity index (χ1n) is 7.19. The van der Waals surface area contributed by atoms with Crippen molar-refractivity contribution in [2.24, 2.45) is 0 Å². The van der Waals surface area contributed by atoms with Gasteiger partial charge in [-0.2, -0.15) is 11.3 Å². The fourth-order valence-electron chi connectivity index (χ4n) is 1.89. The molecule has 7 heteroatoms. The number of carbonyl (C=O) groups excluding carboxylic acids is 3. The fourth-order valence-corrected chi connectivity index (χ4v) is 2.55. The average Bonchev–Trinajstić information content (AvgIpc) is 3.10. The number of benzene rings is 1. The lowest BCUT2D eigenvalue weighted by atomic mass is 10.1. The van der Waals surface area contributed by atoms with Gasteiger partial charge in [0.2, 0.25) is 0 Å². The van der Waals surface area contributed by atoms with Crippen LogP contribution in [0.4, 0.5) is 0 Å². The average molecular weight is 347 g/mol. The zero-order valence-corrected chi connectivity index (χ0v) is 13.9. The van der Waals surface area contributed by atoms with Gasteiger partial charge in [-0.25, -0.2) is 4.79 Å². The van der Waals surface area contributed by atoms with Gasteiger partial charge in [-0.15, -0.1) is 0 Å². The molecule has 6 nitrogen and oxygen atoms in total. The number of thiophene rings is 1. The Balaban J connectivity index is 1.71. The Labute approximate surface area is 143 Å². The molecule has 1 aromatic heterocycles. The fraction of sp³-hybridized carbons (Fsp3) is 0.235. The van der Waals surface area contributed by atoms with Crippen LogP contribution in [0.25, 0.3) is 0 Å². The molecular formula is C17H17NO5S. The highest BCUT2D eigenvalue weighted by Crippen LogP contribution is 2.07. The van der Waals surface area contributed by atoms with E-state index < -0.39 is 11.9 Å². The molecule has 1 heterocycles. The minimum Gasteiger partial charge on any atom is -0.465 e. The highest BCUT2D eigenvalue weighted by molar-refractivity contribution is 7.07. The van der Waals surface area contributed by atoms with Gasteiger partial charge in [0.05, 0.1) is 19.1 Å². The van der Waals surface area contributed by atoms with Gasteiger partial charge >= 0.3 is 11.9 Å². The third-order valence-corrected chi connectivity index (χ3v) is 3.89. The minimum atomic E-state index is -0.439. The SMILES string of the molecule is COC(=O)c1ccc(CNC(=O)COC(=O)Cc2ccsc2)cc1. The Morgan fingerprint density at radius 1 is 1.08 bits per heavy atom. The molecule has 24 heavy (non-hydrogen) atoms. The van der Waals surface area contributed by atoms with Gasteiger partial charge in [-0.1, -0.05) is 12.1 Å². The van der Waals surface area contributed by atoms with Gasteiger partial charge in [-0.05, 0) is 40.1 Å². The molecule has 0 radical (unpaired) electrons. The molecule has 0 bridgehead atoms. The van der Waals surface area contributed by atoms with Crippen LogP contribution in [0.1, 0.15) is 21.5 Å². The van der Waals surface area contributed by atoms with Crippen molar-refractivity contribution < 1.29 is 23.9 Å². The number of methoxy groups -OCH3 is 1. The van der Waals surface area contributed by atoms with Crippen molar-refractivity contribution in [3.8, 4) is 0 Å². The Hall–Kier alpha value is -2.67. The molecule has 0 aliphatic heterocycles. The number of hydrogen-bond acceptors (Lipinski definition) is 6. The van der Waals surface area contributed by atoms with Crippen molar-refractivity contribution in [2.45, 2.75) is 13.0 Å². The number of ether oxygens (including phenoxy) is 2. The molecule has 0 saturated heterocycles. The van der Waals surface area contributed by atoms with Gasteiger partial charge in [0.15, 0.2) is 6.61 Å². The second kappa shape index (κ2) is 8.83. The quantitative estimate of drug-likeness (QED) is 0.774. The van der Waals surface area contributed by atoms with E-state index in [1.54, 1.807) is 24.3 Å². The topological polar surface area (TPSA) is 81.7 Å². The molecule has 2 rings (SSSR count). The van der Waals surface area contributed by atoms with E-state index in [9.17, 15) is 14.4 Å². The molecule has 126 valence electrons. The van der Waals surface area contributed by atoms with Gasteiger partial charge in [0.25, 0.3) is 5.91 Å². The van der Waals surface area contributed by atoms with Crippen molar-refractivity contribution >= 4 is 29.2 Å². The van der Waals surface area contributed by atoms with E-state index in [1.807, 2.05) is 16.8 Å². The van der Waals surface area contributed by atoms with Crippen LogP contribution < -0.4 is 5.32 Å². The van der Waals surface area contributed by atoms with Crippen molar-refractivity contribution in [1.82, 2.24) is 5.32 Å². The molecule has 0 atom stereocenters. The summed E-state index contributed by atoms with van der Waals surface area (Å²) < 4.78 is 9.53. The van der Waals surface area contributed by atoms with E-state index in [1.165, 1.54) is 18.4 Å². The molecule has 0 aliphatic rings. The molecule has 1 amide bonds. The van der Waals surface area contributed by atoms with E-state index in [4.69, 9.17) is 4.74 Å². The summed E-state index contributed by atoms with van der Waals surface area (Å²) in [5.74, 6) is -1.24. The van der Waals surface area contributed by atoms with Gasteiger partial charge in [0, 0.05) is 6.54 Å². The predicted molar refractivity (Wildman–Crippen MR) is 88.6 cm³/mol. The van der Waals surface area contributed by atoms with Crippen LogP contribution in [0.15, 0.2) is 41.1 Å². The predicted octanol–water partition coefficient (Wildman–Crippen LogP) is 1.94. The summed E-state index contributed by atoms with van der Waals surface area (Å²) in [6.45, 7) is -0.0361. The van der Waals surface area contributed by atoms with E-state index >= 15 is 0 Å². The molecule has 0 spiro atoms. The summed E-state index contributed by atoms with van der Waals surface area (Å²) in [4.78, 5) is 34.6. The number of rotatable bonds is 7. The van der Waals surface area contributed by atoms with Gasteiger partial charge < -0.3 is 14.8 Å². The van der Waals surface area contributed by atoms with Crippen molar-refractivity contribution in [3.05, 3.63) is 57.8 Å². The molecule has 0 saturated carbocycles. The first-order chi connectivity index (χ1) is 11.6. The molecule has 0 fully saturated rings. The highest BCUT2D eigenvalue weighted by Gasteiger charge is 2.09. The summed E-state index contributed by atoms with van der Waals surface area (Å²) in [7, 11) is 1.32. The van der Waals surface area contributed by atoms with E-state index in [0.717, 1.165) is 11.1 Å². The number of amides is 1. The van der Waals surface area contributed by atoms with Crippen molar-refractivity contribution in [2.75, 3.05) is 13.7 Å². The zero-order valence-electron chi connectivity index (χ0n) is 13.1. The Kier molecular flexibility index (Phi) is 6.51. The molecule has 0 aliphatic carbocycles. The summed E-state index contributed by atoms with van der Waals surface area (Å²) in [5, 5.41) is 6.38. The second-order valence-corrected chi connectivity index (χ2v) is 5.71. The molecule has 1 aromatic carbocycles. The van der Waals surface area contributed by atoms with Crippen LogP contribution in [-0.4, -0.2) is 31.6 Å². The summed E-state index contributed by atoms with van der Waals surface area (Å²) in [5.41, 5.74) is 2.13. The van der Waals surface area contributed by atoms with Crippen LogP contribution in [0.2, 0.25) is 0 Å². The van der Waals surface area contributed by atoms with Crippen LogP contribution in [-0.2, 0) is 32.0 Å². The standard InChI is InChI=1S/C17H17NO5S/c1-22-17(21)14-4-2-12(3-5-14)9-18-15(19)10-23-16(20)8-13-6-7-24-11-13/h2-7,11H,8-10H2,1H3,(H,18,19). The maximum atomic E-state index is 11.7. The van der Waals surface area contributed by atoms with Crippen LogP contribution in [0.5, 0.6) is 0 Å². The Morgan fingerprint density at radius 2 is 1.83 bits per heavy atom. The maximum Gasteiger partial charge on any atom is 0.337 e. The number of hydrogen-bond donors (Lipinski definition) is 1. The van der Waals surface area contributed by atoms with Crippen LogP contribution in [0.3, 0.4) is 0 Å². The normalized spacial score (nSPS) is 10.0. The molecule has 2 aromatic rings. The number of esters is 2. The third-order valence-electron chi connectivity index (χ3n) is 3.16. The Bertz CT molecular complexity index is 694. The molecule has 1 N–H and O–H groups in total. The minimum absolute atomic E-state index is 0.159. The lowest BCUT2D eigenvalue weighted by Gasteiger charge is -2.07. The van der Waals surface area contributed by atoms with Crippen molar-refractivity contribution in [3.63, 3.8) is 0 Å².